The molecule has 1 aromatic heterocycles. The molecule has 5 heteroatoms. The Morgan fingerprint density at radius 1 is 1.08 bits per heavy atom. The number of amides is 1. The summed E-state index contributed by atoms with van der Waals surface area (Å²) in [7, 11) is 0. The summed E-state index contributed by atoms with van der Waals surface area (Å²) in [4.78, 5) is 26.4. The minimum atomic E-state index is 0.185. The van der Waals surface area contributed by atoms with Crippen LogP contribution in [-0.4, -0.2) is 40.4 Å². The van der Waals surface area contributed by atoms with Crippen molar-refractivity contribution in [2.24, 2.45) is 0 Å². The molecular weight excluding hydrogens is 312 g/mol. The molecule has 130 valence electrons. The Balaban J connectivity index is 1.56. The number of benzene rings is 1. The molecule has 5 nitrogen and oxygen atoms in total. The Labute approximate surface area is 148 Å². The van der Waals surface area contributed by atoms with Gasteiger partial charge in [-0.05, 0) is 25.3 Å². The Kier molecular flexibility index (Phi) is 4.38. The zero-order valence-corrected chi connectivity index (χ0v) is 14.7. The number of rotatable bonds is 3. The summed E-state index contributed by atoms with van der Waals surface area (Å²) in [6, 6.07) is 9.97. The second kappa shape index (κ2) is 6.82. The van der Waals surface area contributed by atoms with Gasteiger partial charge in [0, 0.05) is 31.6 Å². The van der Waals surface area contributed by atoms with Crippen LogP contribution >= 0.6 is 0 Å². The Morgan fingerprint density at radius 2 is 1.84 bits per heavy atom. The average molecular weight is 336 g/mol. The van der Waals surface area contributed by atoms with E-state index in [1.807, 2.05) is 42.2 Å². The highest BCUT2D eigenvalue weighted by Gasteiger charge is 2.28. The molecule has 4 rings (SSSR count). The van der Waals surface area contributed by atoms with E-state index in [-0.39, 0.29) is 5.91 Å². The summed E-state index contributed by atoms with van der Waals surface area (Å²) < 4.78 is 0. The van der Waals surface area contributed by atoms with Crippen molar-refractivity contribution in [1.29, 1.82) is 0 Å². The van der Waals surface area contributed by atoms with Gasteiger partial charge in [-0.2, -0.15) is 0 Å². The summed E-state index contributed by atoms with van der Waals surface area (Å²) in [6.07, 6.45) is 3.71. The SMILES string of the molecule is Cc1nc2c(c(N3CCCC3)n1)CN(C(=O)Cc1ccccc1)CC2. The van der Waals surface area contributed by atoms with E-state index in [1.165, 1.54) is 12.8 Å². The average Bonchev–Trinajstić information content (AvgIpc) is 3.16. The largest absolute Gasteiger partial charge is 0.356 e. The maximum absolute atomic E-state index is 12.7. The molecule has 0 spiro atoms. The highest BCUT2D eigenvalue weighted by atomic mass is 16.2. The van der Waals surface area contributed by atoms with E-state index in [9.17, 15) is 4.79 Å². The van der Waals surface area contributed by atoms with Gasteiger partial charge >= 0.3 is 0 Å². The standard InChI is InChI=1S/C20H24N4O/c1-15-21-18-9-12-24(19(25)13-16-7-3-2-4-8-16)14-17(18)20(22-15)23-10-5-6-11-23/h2-4,7-8H,5-6,9-14H2,1H3. The minimum absolute atomic E-state index is 0.185. The Morgan fingerprint density at radius 3 is 2.60 bits per heavy atom. The van der Waals surface area contributed by atoms with Crippen molar-refractivity contribution in [1.82, 2.24) is 14.9 Å². The van der Waals surface area contributed by atoms with Gasteiger partial charge in [-0.1, -0.05) is 30.3 Å². The number of fused-ring (bicyclic) bond motifs is 1. The van der Waals surface area contributed by atoms with Crippen molar-refractivity contribution in [3.05, 3.63) is 53.0 Å². The highest BCUT2D eigenvalue weighted by Crippen LogP contribution is 2.29. The number of nitrogens with zero attached hydrogens (tertiary/aromatic N) is 4. The van der Waals surface area contributed by atoms with Gasteiger partial charge in [0.15, 0.2) is 0 Å². The fourth-order valence-electron chi connectivity index (χ4n) is 3.80. The number of carbonyl (C=O) groups is 1. The summed E-state index contributed by atoms with van der Waals surface area (Å²) in [5.74, 6) is 2.08. The molecule has 2 aliphatic rings. The van der Waals surface area contributed by atoms with Gasteiger partial charge in [0.2, 0.25) is 5.91 Å². The smallest absolute Gasteiger partial charge is 0.227 e. The van der Waals surface area contributed by atoms with Crippen molar-refractivity contribution < 1.29 is 4.79 Å². The lowest BCUT2D eigenvalue weighted by Crippen LogP contribution is -2.38. The van der Waals surface area contributed by atoms with Crippen LogP contribution in [0, 0.1) is 6.92 Å². The summed E-state index contributed by atoms with van der Waals surface area (Å²) in [6.45, 7) is 5.45. The zero-order valence-electron chi connectivity index (χ0n) is 14.7. The van der Waals surface area contributed by atoms with E-state index in [0.29, 0.717) is 13.0 Å². The molecule has 0 aliphatic carbocycles. The van der Waals surface area contributed by atoms with E-state index >= 15 is 0 Å². The number of carbonyl (C=O) groups excluding carboxylic acids is 1. The normalized spacial score (nSPS) is 16.8. The summed E-state index contributed by atoms with van der Waals surface area (Å²) in [5.41, 5.74) is 3.34. The summed E-state index contributed by atoms with van der Waals surface area (Å²) >= 11 is 0. The molecule has 0 bridgehead atoms. The van der Waals surface area contributed by atoms with Gasteiger partial charge in [0.05, 0.1) is 18.7 Å². The second-order valence-corrected chi connectivity index (χ2v) is 6.94. The predicted octanol–water partition coefficient (Wildman–Crippen LogP) is 2.51. The lowest BCUT2D eigenvalue weighted by molar-refractivity contribution is -0.131. The molecule has 1 fully saturated rings. The number of aromatic nitrogens is 2. The van der Waals surface area contributed by atoms with Gasteiger partial charge in [0.25, 0.3) is 0 Å². The van der Waals surface area contributed by atoms with Crippen molar-refractivity contribution >= 4 is 11.7 Å². The van der Waals surface area contributed by atoms with Crippen LogP contribution in [0.2, 0.25) is 0 Å². The van der Waals surface area contributed by atoms with Crippen LogP contribution in [0.15, 0.2) is 30.3 Å². The molecule has 2 aliphatic heterocycles. The number of aryl methyl sites for hydroxylation is 1. The number of hydrogen-bond acceptors (Lipinski definition) is 4. The van der Waals surface area contributed by atoms with Crippen LogP contribution in [-0.2, 0) is 24.2 Å². The number of hydrogen-bond donors (Lipinski definition) is 0. The monoisotopic (exact) mass is 336 g/mol. The van der Waals surface area contributed by atoms with Gasteiger partial charge in [-0.3, -0.25) is 4.79 Å². The highest BCUT2D eigenvalue weighted by molar-refractivity contribution is 5.79. The van der Waals surface area contributed by atoms with Crippen molar-refractivity contribution in [2.75, 3.05) is 24.5 Å². The van der Waals surface area contributed by atoms with E-state index in [2.05, 4.69) is 9.88 Å². The third kappa shape index (κ3) is 3.36. The lowest BCUT2D eigenvalue weighted by atomic mass is 10.0. The van der Waals surface area contributed by atoms with Crippen molar-refractivity contribution in [2.45, 2.75) is 39.2 Å². The van der Waals surface area contributed by atoms with E-state index in [4.69, 9.17) is 4.98 Å². The minimum Gasteiger partial charge on any atom is -0.356 e. The van der Waals surface area contributed by atoms with Crippen LogP contribution in [0.25, 0.3) is 0 Å². The van der Waals surface area contributed by atoms with E-state index in [1.54, 1.807) is 0 Å². The molecule has 0 unspecified atom stereocenters. The molecule has 25 heavy (non-hydrogen) atoms. The van der Waals surface area contributed by atoms with Crippen LogP contribution in [0.1, 0.15) is 35.5 Å². The second-order valence-electron chi connectivity index (χ2n) is 6.94. The van der Waals surface area contributed by atoms with Crippen LogP contribution in [0.4, 0.5) is 5.82 Å². The van der Waals surface area contributed by atoms with Crippen LogP contribution in [0.5, 0.6) is 0 Å². The van der Waals surface area contributed by atoms with Gasteiger partial charge in [0.1, 0.15) is 11.6 Å². The third-order valence-corrected chi connectivity index (χ3v) is 5.11. The topological polar surface area (TPSA) is 49.3 Å². The Hall–Kier alpha value is -2.43. The van der Waals surface area contributed by atoms with Crippen molar-refractivity contribution in [3.63, 3.8) is 0 Å². The molecular formula is C20H24N4O. The third-order valence-electron chi connectivity index (χ3n) is 5.11. The van der Waals surface area contributed by atoms with Crippen molar-refractivity contribution in [3.8, 4) is 0 Å². The maximum Gasteiger partial charge on any atom is 0.227 e. The first-order valence-corrected chi connectivity index (χ1v) is 9.14. The first-order chi connectivity index (χ1) is 12.2. The maximum atomic E-state index is 12.7. The molecule has 2 aromatic rings. The Bertz CT molecular complexity index is 769. The summed E-state index contributed by atoms with van der Waals surface area (Å²) in [5, 5.41) is 0. The molecule has 0 radical (unpaired) electrons. The molecule has 1 saturated heterocycles. The fraction of sp³-hybridized carbons (Fsp3) is 0.450. The lowest BCUT2D eigenvalue weighted by Gasteiger charge is -2.31. The molecule has 1 aromatic carbocycles. The molecule has 0 atom stereocenters. The van der Waals surface area contributed by atoms with E-state index < -0.39 is 0 Å². The fourth-order valence-corrected chi connectivity index (χ4v) is 3.80. The molecule has 1 amide bonds. The molecule has 0 saturated carbocycles. The predicted molar refractivity (Wildman–Crippen MR) is 97.5 cm³/mol. The van der Waals surface area contributed by atoms with Gasteiger partial charge in [-0.15, -0.1) is 0 Å². The van der Waals surface area contributed by atoms with Crippen LogP contribution < -0.4 is 4.90 Å². The molecule has 0 N–H and O–H groups in total. The quantitative estimate of drug-likeness (QED) is 0.864. The molecule has 3 heterocycles. The van der Waals surface area contributed by atoms with Gasteiger partial charge < -0.3 is 9.80 Å². The first kappa shape index (κ1) is 16.1. The van der Waals surface area contributed by atoms with Gasteiger partial charge in [-0.25, -0.2) is 9.97 Å². The zero-order chi connectivity index (χ0) is 17.2. The first-order valence-electron chi connectivity index (χ1n) is 9.14. The van der Waals surface area contributed by atoms with Crippen LogP contribution in [0.3, 0.4) is 0 Å². The number of anilines is 1. The van der Waals surface area contributed by atoms with E-state index in [0.717, 1.165) is 54.5 Å².